The highest BCUT2D eigenvalue weighted by Crippen LogP contribution is 2.26. The molecule has 2 N–H and O–H groups in total. The van der Waals surface area contributed by atoms with Crippen LogP contribution in [0.4, 0.5) is 5.69 Å². The lowest BCUT2D eigenvalue weighted by atomic mass is 10.2. The summed E-state index contributed by atoms with van der Waals surface area (Å²) in [4.78, 5) is 5.42. The largest absolute Gasteiger partial charge is 0.399 e. The number of nitrogens with two attached hydrogens (primary N) is 1. The molecule has 0 saturated heterocycles. The number of nitrogen functional groups attached to an aromatic ring is 1. The SMILES string of the molecule is Nc1ccc(-n2cncc2-c2cccs2)cc1. The van der Waals surface area contributed by atoms with E-state index in [1.54, 1.807) is 11.3 Å². The van der Waals surface area contributed by atoms with Gasteiger partial charge < -0.3 is 5.73 Å². The van der Waals surface area contributed by atoms with Crippen molar-refractivity contribution in [2.75, 3.05) is 5.73 Å². The maximum absolute atomic E-state index is 5.69. The molecule has 0 amide bonds. The summed E-state index contributed by atoms with van der Waals surface area (Å²) in [5.74, 6) is 0. The van der Waals surface area contributed by atoms with E-state index in [1.807, 2.05) is 42.9 Å². The number of hydrogen-bond donors (Lipinski definition) is 1. The smallest absolute Gasteiger partial charge is 0.0997 e. The van der Waals surface area contributed by atoms with Crippen LogP contribution in [0.25, 0.3) is 16.3 Å². The highest BCUT2D eigenvalue weighted by Gasteiger charge is 2.07. The molecule has 4 heteroatoms. The molecule has 2 aromatic heterocycles. The van der Waals surface area contributed by atoms with Crippen molar-refractivity contribution in [2.24, 2.45) is 0 Å². The molecule has 3 rings (SSSR count). The Morgan fingerprint density at radius 1 is 1.12 bits per heavy atom. The summed E-state index contributed by atoms with van der Waals surface area (Å²) in [7, 11) is 0. The van der Waals surface area contributed by atoms with E-state index in [0.29, 0.717) is 0 Å². The average Bonchev–Trinajstić information content (AvgIpc) is 3.00. The molecule has 0 radical (unpaired) electrons. The van der Waals surface area contributed by atoms with Gasteiger partial charge in [0.15, 0.2) is 0 Å². The molecule has 0 unspecified atom stereocenters. The zero-order chi connectivity index (χ0) is 11.7. The highest BCUT2D eigenvalue weighted by molar-refractivity contribution is 7.13. The Labute approximate surface area is 103 Å². The van der Waals surface area contributed by atoms with E-state index >= 15 is 0 Å². The minimum absolute atomic E-state index is 0.770. The maximum Gasteiger partial charge on any atom is 0.0997 e. The van der Waals surface area contributed by atoms with Gasteiger partial charge in [-0.15, -0.1) is 11.3 Å². The summed E-state index contributed by atoms with van der Waals surface area (Å²) in [5.41, 5.74) is 8.63. The Bertz CT molecular complexity index is 608. The highest BCUT2D eigenvalue weighted by atomic mass is 32.1. The molecule has 3 aromatic rings. The molecular weight excluding hydrogens is 230 g/mol. The lowest BCUT2D eigenvalue weighted by molar-refractivity contribution is 1.07. The van der Waals surface area contributed by atoms with Crippen molar-refractivity contribution in [2.45, 2.75) is 0 Å². The lowest BCUT2D eigenvalue weighted by Crippen LogP contribution is -1.94. The number of hydrogen-bond acceptors (Lipinski definition) is 3. The number of benzene rings is 1. The quantitative estimate of drug-likeness (QED) is 0.700. The zero-order valence-corrected chi connectivity index (χ0v) is 9.89. The number of thiophene rings is 1. The van der Waals surface area contributed by atoms with Crippen molar-refractivity contribution in [3.8, 4) is 16.3 Å². The fourth-order valence-electron chi connectivity index (χ4n) is 1.74. The van der Waals surface area contributed by atoms with Crippen LogP contribution < -0.4 is 5.73 Å². The van der Waals surface area contributed by atoms with Crippen LogP contribution >= 0.6 is 11.3 Å². The van der Waals surface area contributed by atoms with Crippen LogP contribution in [0.2, 0.25) is 0 Å². The van der Waals surface area contributed by atoms with Gasteiger partial charge in [0.25, 0.3) is 0 Å². The average molecular weight is 241 g/mol. The molecule has 3 nitrogen and oxygen atoms in total. The molecule has 0 bridgehead atoms. The van der Waals surface area contributed by atoms with Gasteiger partial charge in [-0.1, -0.05) is 6.07 Å². The van der Waals surface area contributed by atoms with Crippen molar-refractivity contribution >= 4 is 17.0 Å². The third-order valence-electron chi connectivity index (χ3n) is 2.58. The van der Waals surface area contributed by atoms with Crippen LogP contribution in [0.15, 0.2) is 54.3 Å². The van der Waals surface area contributed by atoms with Crippen molar-refractivity contribution in [3.05, 3.63) is 54.3 Å². The predicted octanol–water partition coefficient (Wildman–Crippen LogP) is 3.18. The summed E-state index contributed by atoms with van der Waals surface area (Å²) in [6.07, 6.45) is 3.70. The predicted molar refractivity (Wildman–Crippen MR) is 71.3 cm³/mol. The summed E-state index contributed by atoms with van der Waals surface area (Å²) < 4.78 is 2.06. The minimum Gasteiger partial charge on any atom is -0.399 e. The van der Waals surface area contributed by atoms with Crippen LogP contribution in [0.1, 0.15) is 0 Å². The van der Waals surface area contributed by atoms with Gasteiger partial charge >= 0.3 is 0 Å². The first-order chi connectivity index (χ1) is 8.34. The van der Waals surface area contributed by atoms with E-state index in [4.69, 9.17) is 5.73 Å². The van der Waals surface area contributed by atoms with Crippen molar-refractivity contribution in [3.63, 3.8) is 0 Å². The first kappa shape index (κ1) is 10.1. The Morgan fingerprint density at radius 2 is 1.94 bits per heavy atom. The normalized spacial score (nSPS) is 10.6. The Morgan fingerprint density at radius 3 is 2.65 bits per heavy atom. The van der Waals surface area contributed by atoms with E-state index in [2.05, 4.69) is 21.0 Å². The fourth-order valence-corrected chi connectivity index (χ4v) is 2.47. The van der Waals surface area contributed by atoms with Gasteiger partial charge in [-0.2, -0.15) is 0 Å². The third kappa shape index (κ3) is 1.83. The third-order valence-corrected chi connectivity index (χ3v) is 3.48. The van der Waals surface area contributed by atoms with Crippen molar-refractivity contribution < 1.29 is 0 Å². The molecule has 0 aliphatic carbocycles. The van der Waals surface area contributed by atoms with E-state index in [9.17, 15) is 0 Å². The molecule has 0 aliphatic heterocycles. The standard InChI is InChI=1S/C13H11N3S/c14-10-3-5-11(6-4-10)16-9-15-8-12(16)13-2-1-7-17-13/h1-9H,14H2. The molecule has 0 aliphatic rings. The van der Waals surface area contributed by atoms with Gasteiger partial charge in [-0.05, 0) is 35.7 Å². The van der Waals surface area contributed by atoms with Gasteiger partial charge in [0, 0.05) is 11.4 Å². The van der Waals surface area contributed by atoms with E-state index in [-0.39, 0.29) is 0 Å². The van der Waals surface area contributed by atoms with Crippen LogP contribution in [0.3, 0.4) is 0 Å². The minimum atomic E-state index is 0.770. The first-order valence-electron chi connectivity index (χ1n) is 5.27. The van der Waals surface area contributed by atoms with Crippen LogP contribution in [0.5, 0.6) is 0 Å². The van der Waals surface area contributed by atoms with Gasteiger partial charge in [0.05, 0.1) is 23.1 Å². The number of nitrogens with zero attached hydrogens (tertiary/aromatic N) is 2. The number of rotatable bonds is 2. The number of aromatic nitrogens is 2. The summed E-state index contributed by atoms with van der Waals surface area (Å²) >= 11 is 1.71. The van der Waals surface area contributed by atoms with Crippen molar-refractivity contribution in [1.29, 1.82) is 0 Å². The van der Waals surface area contributed by atoms with Crippen LogP contribution in [-0.2, 0) is 0 Å². The summed E-state index contributed by atoms with van der Waals surface area (Å²) in [6, 6.07) is 11.9. The molecule has 84 valence electrons. The van der Waals surface area contributed by atoms with E-state index in [1.165, 1.54) is 4.88 Å². The second kappa shape index (κ2) is 4.07. The molecule has 0 fully saturated rings. The van der Waals surface area contributed by atoms with Gasteiger partial charge in [0.2, 0.25) is 0 Å². The van der Waals surface area contributed by atoms with Crippen LogP contribution in [0, 0.1) is 0 Å². The molecular formula is C13H11N3S. The second-order valence-corrected chi connectivity index (χ2v) is 4.67. The first-order valence-corrected chi connectivity index (χ1v) is 6.15. The summed E-state index contributed by atoms with van der Waals surface area (Å²) in [5, 5.41) is 2.07. The lowest BCUT2D eigenvalue weighted by Gasteiger charge is -2.06. The Balaban J connectivity index is 2.10. The second-order valence-electron chi connectivity index (χ2n) is 3.72. The fraction of sp³-hybridized carbons (Fsp3) is 0. The molecule has 2 heterocycles. The van der Waals surface area contributed by atoms with E-state index < -0.39 is 0 Å². The van der Waals surface area contributed by atoms with Crippen LogP contribution in [-0.4, -0.2) is 9.55 Å². The van der Waals surface area contributed by atoms with Gasteiger partial charge in [-0.25, -0.2) is 4.98 Å². The molecule has 1 aromatic carbocycles. The topological polar surface area (TPSA) is 43.8 Å². The Kier molecular flexibility index (Phi) is 2.42. The van der Waals surface area contributed by atoms with Crippen molar-refractivity contribution in [1.82, 2.24) is 9.55 Å². The maximum atomic E-state index is 5.69. The molecule has 0 saturated carbocycles. The van der Waals surface area contributed by atoms with Gasteiger partial charge in [0.1, 0.15) is 0 Å². The van der Waals surface area contributed by atoms with E-state index in [0.717, 1.165) is 17.1 Å². The molecule has 0 atom stereocenters. The Hall–Kier alpha value is -2.07. The number of anilines is 1. The van der Waals surface area contributed by atoms with Gasteiger partial charge in [-0.3, -0.25) is 4.57 Å². The summed E-state index contributed by atoms with van der Waals surface area (Å²) in [6.45, 7) is 0. The monoisotopic (exact) mass is 241 g/mol. The molecule has 0 spiro atoms. The zero-order valence-electron chi connectivity index (χ0n) is 9.08. The number of imidazole rings is 1. The molecule has 17 heavy (non-hydrogen) atoms.